The van der Waals surface area contributed by atoms with E-state index >= 15 is 0 Å². The Hall–Kier alpha value is -4.64. The smallest absolute Gasteiger partial charge is 0.251 e. The zero-order valence-corrected chi connectivity index (χ0v) is 21.7. The zero-order valence-electron chi connectivity index (χ0n) is 21.7. The van der Waals surface area contributed by atoms with Gasteiger partial charge in [-0.3, -0.25) is 9.78 Å². The Morgan fingerprint density at radius 2 is 1.90 bits per heavy atom. The first-order valence-electron chi connectivity index (χ1n) is 12.9. The average Bonchev–Trinajstić information content (AvgIpc) is 3.40. The number of carbonyl (C=O) groups is 1. The van der Waals surface area contributed by atoms with Crippen LogP contribution < -0.4 is 20.9 Å². The molecular formula is C28H29N9O2. The molecular weight excluding hydrogens is 494 g/mol. The molecule has 1 aromatic carbocycles. The second-order valence-corrected chi connectivity index (χ2v) is 9.55. The van der Waals surface area contributed by atoms with Gasteiger partial charge in [0.05, 0.1) is 18.9 Å². The maximum Gasteiger partial charge on any atom is 0.251 e. The SMILES string of the molecule is Cc1cc(C(=O)NCc2cccnc2)ccc1N1CCc2c(-c3cnc(N)nc3)nc(N3CCOCC3)nc21. The predicted molar refractivity (Wildman–Crippen MR) is 148 cm³/mol. The van der Waals surface area contributed by atoms with Crippen LogP contribution in [0.1, 0.15) is 27.0 Å². The first-order valence-corrected chi connectivity index (χ1v) is 12.9. The van der Waals surface area contributed by atoms with Crippen LogP contribution in [-0.4, -0.2) is 63.7 Å². The van der Waals surface area contributed by atoms with Gasteiger partial charge in [-0.05, 0) is 48.7 Å². The summed E-state index contributed by atoms with van der Waals surface area (Å²) in [4.78, 5) is 39.7. The number of pyridine rings is 1. The Morgan fingerprint density at radius 3 is 2.64 bits per heavy atom. The molecule has 2 aliphatic heterocycles. The van der Waals surface area contributed by atoms with Crippen molar-refractivity contribution in [2.24, 2.45) is 0 Å². The van der Waals surface area contributed by atoms with Crippen molar-refractivity contribution in [3.8, 4) is 11.3 Å². The van der Waals surface area contributed by atoms with E-state index in [4.69, 9.17) is 20.4 Å². The maximum absolute atomic E-state index is 12.8. The van der Waals surface area contributed by atoms with Crippen molar-refractivity contribution in [1.82, 2.24) is 30.2 Å². The van der Waals surface area contributed by atoms with Gasteiger partial charge in [0.25, 0.3) is 5.91 Å². The molecule has 0 saturated carbocycles. The van der Waals surface area contributed by atoms with Gasteiger partial charge in [-0.15, -0.1) is 0 Å². The minimum Gasteiger partial charge on any atom is -0.378 e. The average molecular weight is 524 g/mol. The van der Waals surface area contributed by atoms with Crippen LogP contribution in [0.5, 0.6) is 0 Å². The number of carbonyl (C=O) groups excluding carboxylic acids is 1. The number of benzene rings is 1. The molecule has 3 N–H and O–H groups in total. The number of hydrogen-bond acceptors (Lipinski definition) is 10. The molecule has 6 rings (SSSR count). The molecule has 0 radical (unpaired) electrons. The highest BCUT2D eigenvalue weighted by Crippen LogP contribution is 2.40. The second-order valence-electron chi connectivity index (χ2n) is 9.55. The van der Waals surface area contributed by atoms with E-state index in [-0.39, 0.29) is 11.9 Å². The fourth-order valence-electron chi connectivity index (χ4n) is 4.97. The van der Waals surface area contributed by atoms with Gasteiger partial charge in [-0.25, -0.2) is 15.0 Å². The van der Waals surface area contributed by atoms with Gasteiger partial charge in [-0.1, -0.05) is 6.07 Å². The monoisotopic (exact) mass is 523 g/mol. The highest BCUT2D eigenvalue weighted by atomic mass is 16.5. The second kappa shape index (κ2) is 10.6. The van der Waals surface area contributed by atoms with Crippen LogP contribution in [0.3, 0.4) is 0 Å². The topological polar surface area (TPSA) is 135 Å². The molecule has 1 fully saturated rings. The van der Waals surface area contributed by atoms with Crippen molar-refractivity contribution in [2.75, 3.05) is 48.4 Å². The predicted octanol–water partition coefficient (Wildman–Crippen LogP) is 2.68. The van der Waals surface area contributed by atoms with E-state index in [0.29, 0.717) is 31.3 Å². The summed E-state index contributed by atoms with van der Waals surface area (Å²) in [6, 6.07) is 9.56. The lowest BCUT2D eigenvalue weighted by Gasteiger charge is -2.28. The van der Waals surface area contributed by atoms with Crippen molar-refractivity contribution in [3.63, 3.8) is 0 Å². The Balaban J connectivity index is 1.32. The number of ether oxygens (including phenoxy) is 1. The number of nitrogens with one attached hydrogen (secondary N) is 1. The van der Waals surface area contributed by atoms with Crippen molar-refractivity contribution < 1.29 is 9.53 Å². The number of nitrogens with zero attached hydrogens (tertiary/aromatic N) is 7. The number of morpholine rings is 1. The van der Waals surface area contributed by atoms with Gasteiger partial charge in [-0.2, -0.15) is 4.98 Å². The molecule has 11 nitrogen and oxygen atoms in total. The highest BCUT2D eigenvalue weighted by Gasteiger charge is 2.30. The molecule has 0 unspecified atom stereocenters. The lowest BCUT2D eigenvalue weighted by molar-refractivity contribution is 0.0951. The van der Waals surface area contributed by atoms with Crippen LogP contribution >= 0.6 is 0 Å². The molecule has 2 aliphatic rings. The molecule has 1 saturated heterocycles. The summed E-state index contributed by atoms with van der Waals surface area (Å²) < 4.78 is 5.54. The van der Waals surface area contributed by atoms with Crippen LogP contribution in [0.2, 0.25) is 0 Å². The summed E-state index contributed by atoms with van der Waals surface area (Å²) in [6.45, 7) is 5.89. The molecule has 4 aromatic rings. The summed E-state index contributed by atoms with van der Waals surface area (Å²) in [5.41, 5.74) is 11.9. The van der Waals surface area contributed by atoms with Crippen molar-refractivity contribution in [2.45, 2.75) is 19.9 Å². The lowest BCUT2D eigenvalue weighted by Crippen LogP contribution is -2.37. The molecule has 11 heteroatoms. The van der Waals surface area contributed by atoms with Crippen LogP contribution in [0.4, 0.5) is 23.4 Å². The van der Waals surface area contributed by atoms with E-state index in [1.54, 1.807) is 24.8 Å². The van der Waals surface area contributed by atoms with Gasteiger partial charge in [0.2, 0.25) is 11.9 Å². The standard InChI is InChI=1S/C28H29N9O2/c1-18-13-20(26(38)31-15-19-3-2-7-30-14-19)4-5-23(18)37-8-6-22-24(21-16-32-27(29)33-17-21)34-28(35-25(22)37)36-9-11-39-12-10-36/h2-5,7,13-14,16-17H,6,8-12,15H2,1H3,(H,31,38)(H2,29,32,33). The molecule has 0 spiro atoms. The Bertz CT molecular complexity index is 1490. The van der Waals surface area contributed by atoms with Crippen molar-refractivity contribution in [1.29, 1.82) is 0 Å². The fourth-order valence-corrected chi connectivity index (χ4v) is 4.97. The Morgan fingerprint density at radius 1 is 1.08 bits per heavy atom. The number of nitrogens with two attached hydrogens (primary N) is 1. The number of nitrogen functional groups attached to an aromatic ring is 1. The quantitative estimate of drug-likeness (QED) is 0.388. The number of rotatable bonds is 6. The van der Waals surface area contributed by atoms with Gasteiger partial charge >= 0.3 is 0 Å². The molecule has 5 heterocycles. The van der Waals surface area contributed by atoms with E-state index in [1.165, 1.54) is 0 Å². The zero-order chi connectivity index (χ0) is 26.8. The van der Waals surface area contributed by atoms with E-state index in [1.807, 2.05) is 37.3 Å². The van der Waals surface area contributed by atoms with Crippen LogP contribution in [0.15, 0.2) is 55.1 Å². The summed E-state index contributed by atoms with van der Waals surface area (Å²) in [6.07, 6.45) is 7.65. The number of amides is 1. The molecule has 1 amide bonds. The van der Waals surface area contributed by atoms with Gasteiger partial charge < -0.3 is 25.6 Å². The summed E-state index contributed by atoms with van der Waals surface area (Å²) >= 11 is 0. The molecule has 198 valence electrons. The minimum absolute atomic E-state index is 0.127. The van der Waals surface area contributed by atoms with Crippen molar-refractivity contribution >= 4 is 29.3 Å². The first kappa shape index (κ1) is 24.7. The summed E-state index contributed by atoms with van der Waals surface area (Å²) in [5.74, 6) is 1.60. The Kier molecular flexibility index (Phi) is 6.72. The fraction of sp³-hybridized carbons (Fsp3) is 0.286. The van der Waals surface area contributed by atoms with E-state index in [0.717, 1.165) is 65.5 Å². The van der Waals surface area contributed by atoms with Crippen LogP contribution in [-0.2, 0) is 17.7 Å². The molecule has 0 bridgehead atoms. The van der Waals surface area contributed by atoms with E-state index < -0.39 is 0 Å². The molecule has 3 aromatic heterocycles. The van der Waals surface area contributed by atoms with Crippen molar-refractivity contribution in [3.05, 3.63) is 77.4 Å². The third-order valence-electron chi connectivity index (χ3n) is 6.98. The van der Waals surface area contributed by atoms with E-state index in [9.17, 15) is 4.79 Å². The summed E-state index contributed by atoms with van der Waals surface area (Å²) in [7, 11) is 0. The number of aryl methyl sites for hydroxylation is 1. The number of anilines is 4. The van der Waals surface area contributed by atoms with E-state index in [2.05, 4.69) is 30.1 Å². The number of fused-ring (bicyclic) bond motifs is 1. The number of aromatic nitrogens is 5. The number of hydrogen-bond donors (Lipinski definition) is 2. The van der Waals surface area contributed by atoms with Gasteiger partial charge in [0.15, 0.2) is 0 Å². The van der Waals surface area contributed by atoms with Gasteiger partial charge in [0.1, 0.15) is 5.82 Å². The maximum atomic E-state index is 12.8. The molecule has 0 aliphatic carbocycles. The van der Waals surface area contributed by atoms with Crippen LogP contribution in [0, 0.1) is 6.92 Å². The third-order valence-corrected chi connectivity index (χ3v) is 6.98. The minimum atomic E-state index is -0.127. The first-order chi connectivity index (χ1) is 19.1. The molecule has 0 atom stereocenters. The lowest BCUT2D eigenvalue weighted by atomic mass is 10.1. The Labute approximate surface area is 226 Å². The molecule has 39 heavy (non-hydrogen) atoms. The highest BCUT2D eigenvalue weighted by molar-refractivity contribution is 5.95. The van der Waals surface area contributed by atoms with Gasteiger partial charge in [0, 0.05) is 73.3 Å². The largest absolute Gasteiger partial charge is 0.378 e. The van der Waals surface area contributed by atoms with Crippen LogP contribution in [0.25, 0.3) is 11.3 Å². The summed E-state index contributed by atoms with van der Waals surface area (Å²) in [5, 5.41) is 2.97. The normalized spacial score (nSPS) is 14.8. The third kappa shape index (κ3) is 5.08.